The van der Waals surface area contributed by atoms with Crippen LogP contribution in [0.3, 0.4) is 0 Å². The number of nitrogens with zero attached hydrogens (tertiary/aromatic N) is 1. The molecule has 2 rings (SSSR count). The Bertz CT molecular complexity index is 409. The molecule has 106 valence electrons. The van der Waals surface area contributed by atoms with Crippen molar-refractivity contribution < 1.29 is 9.13 Å². The monoisotopic (exact) mass is 266 g/mol. The van der Waals surface area contributed by atoms with Gasteiger partial charge in [0.25, 0.3) is 0 Å². The van der Waals surface area contributed by atoms with Crippen LogP contribution in [0.25, 0.3) is 0 Å². The maximum atomic E-state index is 13.2. The first kappa shape index (κ1) is 14.4. The Hall–Kier alpha value is -0.970. The van der Waals surface area contributed by atoms with E-state index in [4.69, 9.17) is 10.5 Å². The average Bonchev–Trinajstić information content (AvgIpc) is 2.41. The lowest BCUT2D eigenvalue weighted by molar-refractivity contribution is 0.00356. The fourth-order valence-corrected chi connectivity index (χ4v) is 2.71. The van der Waals surface area contributed by atoms with Crippen LogP contribution in [0.2, 0.25) is 0 Å². The Morgan fingerprint density at radius 2 is 2.26 bits per heavy atom. The van der Waals surface area contributed by atoms with Crippen LogP contribution in [-0.4, -0.2) is 30.7 Å². The second kappa shape index (κ2) is 6.98. The van der Waals surface area contributed by atoms with Crippen molar-refractivity contribution in [2.45, 2.75) is 39.0 Å². The first-order chi connectivity index (χ1) is 9.22. The van der Waals surface area contributed by atoms with E-state index in [0.717, 1.165) is 50.2 Å². The lowest BCUT2D eigenvalue weighted by atomic mass is 10.0. The molecule has 1 saturated heterocycles. The van der Waals surface area contributed by atoms with Gasteiger partial charge in [0.1, 0.15) is 5.82 Å². The Kier molecular flexibility index (Phi) is 5.31. The van der Waals surface area contributed by atoms with Crippen LogP contribution in [0.4, 0.5) is 4.39 Å². The Morgan fingerprint density at radius 1 is 1.42 bits per heavy atom. The number of piperidine rings is 1. The molecule has 2 N–H and O–H groups in total. The van der Waals surface area contributed by atoms with Gasteiger partial charge in [0.2, 0.25) is 0 Å². The molecule has 0 bridgehead atoms. The van der Waals surface area contributed by atoms with E-state index in [-0.39, 0.29) is 5.82 Å². The van der Waals surface area contributed by atoms with Crippen LogP contribution < -0.4 is 5.73 Å². The SMILES string of the molecule is CCOC1CCCN(Cc2ccc(F)cc2CN)C1. The summed E-state index contributed by atoms with van der Waals surface area (Å²) in [6, 6.07) is 4.90. The summed E-state index contributed by atoms with van der Waals surface area (Å²) in [6.45, 7) is 6.04. The highest BCUT2D eigenvalue weighted by atomic mass is 19.1. The zero-order valence-corrected chi connectivity index (χ0v) is 11.6. The van der Waals surface area contributed by atoms with Crippen molar-refractivity contribution in [3.63, 3.8) is 0 Å². The quantitative estimate of drug-likeness (QED) is 0.888. The highest BCUT2D eigenvalue weighted by Crippen LogP contribution is 2.18. The van der Waals surface area contributed by atoms with Crippen molar-refractivity contribution in [3.05, 3.63) is 35.1 Å². The lowest BCUT2D eigenvalue weighted by Crippen LogP contribution is -2.39. The second-order valence-corrected chi connectivity index (χ2v) is 5.07. The van der Waals surface area contributed by atoms with Crippen LogP contribution in [0.5, 0.6) is 0 Å². The molecule has 0 aromatic heterocycles. The molecule has 0 saturated carbocycles. The van der Waals surface area contributed by atoms with Crippen molar-refractivity contribution in [1.82, 2.24) is 4.90 Å². The van der Waals surface area contributed by atoms with Gasteiger partial charge < -0.3 is 10.5 Å². The van der Waals surface area contributed by atoms with E-state index in [1.165, 1.54) is 6.07 Å². The summed E-state index contributed by atoms with van der Waals surface area (Å²) in [6.07, 6.45) is 2.63. The summed E-state index contributed by atoms with van der Waals surface area (Å²) in [5.74, 6) is -0.213. The topological polar surface area (TPSA) is 38.5 Å². The predicted octanol–water partition coefficient (Wildman–Crippen LogP) is 2.29. The van der Waals surface area contributed by atoms with E-state index in [9.17, 15) is 4.39 Å². The van der Waals surface area contributed by atoms with Crippen LogP contribution in [0, 0.1) is 5.82 Å². The standard InChI is InChI=1S/C15H23FN2O/c1-2-19-15-4-3-7-18(11-15)10-12-5-6-14(16)8-13(12)9-17/h5-6,8,15H,2-4,7,9-11,17H2,1H3. The molecule has 4 heteroatoms. The molecule has 0 amide bonds. The van der Waals surface area contributed by atoms with Crippen molar-refractivity contribution in [3.8, 4) is 0 Å². The van der Waals surface area contributed by atoms with Crippen LogP contribution in [-0.2, 0) is 17.8 Å². The number of hydrogen-bond donors (Lipinski definition) is 1. The zero-order valence-electron chi connectivity index (χ0n) is 11.6. The van der Waals surface area contributed by atoms with Crippen molar-refractivity contribution in [1.29, 1.82) is 0 Å². The Balaban J connectivity index is 2.00. The van der Waals surface area contributed by atoms with Gasteiger partial charge in [0, 0.05) is 26.2 Å². The number of ether oxygens (including phenoxy) is 1. The Labute approximate surface area is 114 Å². The smallest absolute Gasteiger partial charge is 0.123 e. The third-order valence-electron chi connectivity index (χ3n) is 3.65. The fourth-order valence-electron chi connectivity index (χ4n) is 2.71. The van der Waals surface area contributed by atoms with Gasteiger partial charge in [-0.25, -0.2) is 4.39 Å². The van der Waals surface area contributed by atoms with E-state index < -0.39 is 0 Å². The summed E-state index contributed by atoms with van der Waals surface area (Å²) in [4.78, 5) is 2.37. The van der Waals surface area contributed by atoms with Crippen molar-refractivity contribution >= 4 is 0 Å². The molecule has 0 aliphatic carbocycles. The van der Waals surface area contributed by atoms with E-state index in [1.54, 1.807) is 6.07 Å². The molecular formula is C15H23FN2O. The number of rotatable bonds is 5. The molecule has 3 nitrogen and oxygen atoms in total. The molecule has 0 radical (unpaired) electrons. The molecule has 19 heavy (non-hydrogen) atoms. The van der Waals surface area contributed by atoms with Gasteiger partial charge in [0.15, 0.2) is 0 Å². The fraction of sp³-hybridized carbons (Fsp3) is 0.600. The van der Waals surface area contributed by atoms with Crippen molar-refractivity contribution in [2.75, 3.05) is 19.7 Å². The van der Waals surface area contributed by atoms with E-state index >= 15 is 0 Å². The maximum Gasteiger partial charge on any atom is 0.123 e. The molecule has 1 fully saturated rings. The van der Waals surface area contributed by atoms with Crippen LogP contribution >= 0.6 is 0 Å². The van der Waals surface area contributed by atoms with Crippen LogP contribution in [0.15, 0.2) is 18.2 Å². The zero-order chi connectivity index (χ0) is 13.7. The third-order valence-corrected chi connectivity index (χ3v) is 3.65. The van der Waals surface area contributed by atoms with E-state index in [0.29, 0.717) is 12.6 Å². The largest absolute Gasteiger partial charge is 0.377 e. The normalized spacial score (nSPS) is 20.7. The molecule has 0 spiro atoms. The number of likely N-dealkylation sites (tertiary alicyclic amines) is 1. The lowest BCUT2D eigenvalue weighted by Gasteiger charge is -2.32. The second-order valence-electron chi connectivity index (χ2n) is 5.07. The van der Waals surface area contributed by atoms with Gasteiger partial charge >= 0.3 is 0 Å². The number of nitrogens with two attached hydrogens (primary N) is 1. The molecular weight excluding hydrogens is 243 g/mol. The summed E-state index contributed by atoms with van der Waals surface area (Å²) in [5.41, 5.74) is 7.72. The van der Waals surface area contributed by atoms with Gasteiger partial charge in [-0.1, -0.05) is 6.07 Å². The summed E-state index contributed by atoms with van der Waals surface area (Å²) >= 11 is 0. The minimum absolute atomic E-state index is 0.213. The van der Waals surface area contributed by atoms with Crippen LogP contribution in [0.1, 0.15) is 30.9 Å². The van der Waals surface area contributed by atoms with Gasteiger partial charge in [-0.15, -0.1) is 0 Å². The molecule has 1 unspecified atom stereocenters. The minimum Gasteiger partial charge on any atom is -0.377 e. The van der Waals surface area contributed by atoms with E-state index in [2.05, 4.69) is 4.90 Å². The summed E-state index contributed by atoms with van der Waals surface area (Å²) < 4.78 is 18.9. The molecule has 1 atom stereocenters. The molecule has 1 heterocycles. The molecule has 1 aliphatic rings. The molecule has 1 aromatic carbocycles. The van der Waals surface area contributed by atoms with Gasteiger partial charge in [0.05, 0.1) is 6.10 Å². The first-order valence-electron chi connectivity index (χ1n) is 7.04. The number of halogens is 1. The van der Waals surface area contributed by atoms with E-state index in [1.807, 2.05) is 13.0 Å². The summed E-state index contributed by atoms with van der Waals surface area (Å²) in [5, 5.41) is 0. The highest BCUT2D eigenvalue weighted by molar-refractivity contribution is 5.27. The highest BCUT2D eigenvalue weighted by Gasteiger charge is 2.20. The Morgan fingerprint density at radius 3 is 3.00 bits per heavy atom. The summed E-state index contributed by atoms with van der Waals surface area (Å²) in [7, 11) is 0. The van der Waals surface area contributed by atoms with Gasteiger partial charge in [-0.2, -0.15) is 0 Å². The van der Waals surface area contributed by atoms with Gasteiger partial charge in [-0.3, -0.25) is 4.90 Å². The molecule has 1 aliphatic heterocycles. The average molecular weight is 266 g/mol. The molecule has 1 aromatic rings. The third kappa shape index (κ3) is 4.00. The number of benzene rings is 1. The first-order valence-corrected chi connectivity index (χ1v) is 7.04. The number of hydrogen-bond acceptors (Lipinski definition) is 3. The minimum atomic E-state index is -0.213. The predicted molar refractivity (Wildman–Crippen MR) is 74.2 cm³/mol. The van der Waals surface area contributed by atoms with Gasteiger partial charge in [-0.05, 0) is 49.6 Å². The maximum absolute atomic E-state index is 13.2. The van der Waals surface area contributed by atoms with Crippen molar-refractivity contribution in [2.24, 2.45) is 5.73 Å².